The van der Waals surface area contributed by atoms with E-state index in [4.69, 9.17) is 4.74 Å². The molecule has 0 saturated carbocycles. The van der Waals surface area contributed by atoms with Crippen molar-refractivity contribution >= 4 is 17.3 Å². The molecule has 136 valence electrons. The Kier molecular flexibility index (Phi) is 7.25. The maximum absolute atomic E-state index is 5.90. The second-order valence-corrected chi connectivity index (χ2v) is 7.19. The van der Waals surface area contributed by atoms with E-state index < -0.39 is 0 Å². The molecule has 2 N–H and O–H groups in total. The number of ether oxygens (including phenoxy) is 1. The Balaban J connectivity index is 1.75. The van der Waals surface area contributed by atoms with Crippen LogP contribution in [0.2, 0.25) is 0 Å². The zero-order chi connectivity index (χ0) is 18.2. The van der Waals surface area contributed by atoms with Gasteiger partial charge < -0.3 is 15.4 Å². The van der Waals surface area contributed by atoms with Gasteiger partial charge in [-0.05, 0) is 30.9 Å². The van der Waals surface area contributed by atoms with Crippen molar-refractivity contribution in [2.75, 3.05) is 20.2 Å². The summed E-state index contributed by atoms with van der Waals surface area (Å²) in [6.45, 7) is 10.4. The van der Waals surface area contributed by atoms with Crippen molar-refractivity contribution in [1.29, 1.82) is 0 Å². The van der Waals surface area contributed by atoms with Crippen LogP contribution in [0.1, 0.15) is 41.6 Å². The lowest BCUT2D eigenvalue weighted by atomic mass is 10.1. The Morgan fingerprint density at radius 3 is 2.56 bits per heavy atom. The molecule has 0 fully saturated rings. The summed E-state index contributed by atoms with van der Waals surface area (Å²) in [5, 5.41) is 9.75. The molecule has 0 bridgehead atoms. The predicted octanol–water partition coefficient (Wildman–Crippen LogP) is 3.63. The molecular weight excluding hydrogens is 332 g/mol. The fourth-order valence-corrected chi connectivity index (χ4v) is 3.30. The molecule has 5 nitrogen and oxygen atoms in total. The van der Waals surface area contributed by atoms with Crippen LogP contribution in [0.3, 0.4) is 0 Å². The van der Waals surface area contributed by atoms with Crippen molar-refractivity contribution < 1.29 is 4.74 Å². The first-order chi connectivity index (χ1) is 12.0. The predicted molar refractivity (Wildman–Crippen MR) is 106 cm³/mol. The van der Waals surface area contributed by atoms with Crippen molar-refractivity contribution in [2.24, 2.45) is 4.99 Å². The van der Waals surface area contributed by atoms with Gasteiger partial charge in [0, 0.05) is 12.4 Å². The monoisotopic (exact) mass is 360 g/mol. The fraction of sp³-hybridized carbons (Fsp3) is 0.474. The molecule has 0 radical (unpaired) electrons. The molecule has 2 rings (SSSR count). The van der Waals surface area contributed by atoms with Crippen molar-refractivity contribution in [3.8, 4) is 5.75 Å². The van der Waals surface area contributed by atoms with E-state index in [-0.39, 0.29) is 0 Å². The number of nitrogens with zero attached hydrogens (tertiary/aromatic N) is 2. The number of rotatable bonds is 7. The van der Waals surface area contributed by atoms with Gasteiger partial charge in [0.2, 0.25) is 0 Å². The average molecular weight is 361 g/mol. The SMILES string of the molecule is CN=C(NCCOc1c(C)cccc1C)NCc1nc(C(C)C)cs1. The van der Waals surface area contributed by atoms with Gasteiger partial charge >= 0.3 is 0 Å². The minimum Gasteiger partial charge on any atom is -0.491 e. The van der Waals surface area contributed by atoms with Crippen molar-refractivity contribution in [2.45, 2.75) is 40.2 Å². The average Bonchev–Trinajstić information content (AvgIpc) is 3.05. The number of hydrogen-bond acceptors (Lipinski definition) is 4. The van der Waals surface area contributed by atoms with Crippen molar-refractivity contribution in [3.05, 3.63) is 45.4 Å². The van der Waals surface area contributed by atoms with Gasteiger partial charge in [0.25, 0.3) is 0 Å². The third-order valence-electron chi connectivity index (χ3n) is 3.84. The van der Waals surface area contributed by atoms with E-state index in [1.165, 1.54) is 0 Å². The highest BCUT2D eigenvalue weighted by Gasteiger charge is 2.07. The summed E-state index contributed by atoms with van der Waals surface area (Å²) in [6.07, 6.45) is 0. The molecule has 0 aliphatic carbocycles. The van der Waals surface area contributed by atoms with Crippen LogP contribution in [0.25, 0.3) is 0 Å². The van der Waals surface area contributed by atoms with Crippen LogP contribution >= 0.6 is 11.3 Å². The van der Waals surface area contributed by atoms with Gasteiger partial charge in [-0.25, -0.2) is 4.98 Å². The quantitative estimate of drug-likeness (QED) is 0.450. The van der Waals surface area contributed by atoms with Crippen LogP contribution in [0.4, 0.5) is 0 Å². The minimum absolute atomic E-state index is 0.462. The molecule has 0 unspecified atom stereocenters. The molecule has 25 heavy (non-hydrogen) atoms. The summed E-state index contributed by atoms with van der Waals surface area (Å²) < 4.78 is 5.90. The molecule has 1 heterocycles. The van der Waals surface area contributed by atoms with E-state index in [9.17, 15) is 0 Å². The first-order valence-corrected chi connectivity index (χ1v) is 9.47. The van der Waals surface area contributed by atoms with Crippen molar-refractivity contribution in [3.63, 3.8) is 0 Å². The van der Waals surface area contributed by atoms with Crippen molar-refractivity contribution in [1.82, 2.24) is 15.6 Å². The Bertz CT molecular complexity index is 689. The largest absolute Gasteiger partial charge is 0.491 e. The number of benzene rings is 1. The lowest BCUT2D eigenvalue weighted by molar-refractivity contribution is 0.317. The molecule has 0 saturated heterocycles. The van der Waals surface area contributed by atoms with E-state index in [0.29, 0.717) is 25.6 Å². The third-order valence-corrected chi connectivity index (χ3v) is 4.71. The van der Waals surface area contributed by atoms with Crippen LogP contribution in [0, 0.1) is 13.8 Å². The zero-order valence-electron chi connectivity index (χ0n) is 15.7. The summed E-state index contributed by atoms with van der Waals surface area (Å²) in [6, 6.07) is 6.18. The summed E-state index contributed by atoms with van der Waals surface area (Å²) in [7, 11) is 1.77. The van der Waals surface area contributed by atoms with Gasteiger partial charge in [0.05, 0.1) is 18.8 Å². The minimum atomic E-state index is 0.462. The Morgan fingerprint density at radius 2 is 1.96 bits per heavy atom. The molecule has 0 atom stereocenters. The second kappa shape index (κ2) is 9.42. The van der Waals surface area contributed by atoms with E-state index in [1.54, 1.807) is 18.4 Å². The van der Waals surface area contributed by atoms with Gasteiger partial charge in [-0.15, -0.1) is 11.3 Å². The molecular formula is C19H28N4OS. The van der Waals surface area contributed by atoms with Gasteiger partial charge in [0.1, 0.15) is 17.4 Å². The van der Waals surface area contributed by atoms with Gasteiger partial charge in [0.15, 0.2) is 5.96 Å². The Morgan fingerprint density at radius 1 is 1.24 bits per heavy atom. The molecule has 1 aromatic carbocycles. The first kappa shape index (κ1) is 19.2. The third kappa shape index (κ3) is 5.74. The highest BCUT2D eigenvalue weighted by atomic mass is 32.1. The molecule has 0 amide bonds. The van der Waals surface area contributed by atoms with Gasteiger partial charge in [-0.3, -0.25) is 4.99 Å². The normalized spacial score (nSPS) is 11.7. The maximum Gasteiger partial charge on any atom is 0.191 e. The number of aromatic nitrogens is 1. The lowest BCUT2D eigenvalue weighted by Crippen LogP contribution is -2.38. The number of guanidine groups is 1. The maximum atomic E-state index is 5.90. The summed E-state index contributed by atoms with van der Waals surface area (Å²) in [5.74, 6) is 2.19. The van der Waals surface area contributed by atoms with Crippen LogP contribution in [0.15, 0.2) is 28.6 Å². The zero-order valence-corrected chi connectivity index (χ0v) is 16.5. The summed E-state index contributed by atoms with van der Waals surface area (Å²) >= 11 is 1.68. The highest BCUT2D eigenvalue weighted by Crippen LogP contribution is 2.22. The Hall–Kier alpha value is -2.08. The molecule has 0 aliphatic heterocycles. The fourth-order valence-electron chi connectivity index (χ4n) is 2.40. The number of thiazole rings is 1. The molecule has 2 aromatic rings. The van der Waals surface area contributed by atoms with E-state index in [1.807, 2.05) is 6.07 Å². The van der Waals surface area contributed by atoms with E-state index in [2.05, 4.69) is 65.8 Å². The topological polar surface area (TPSA) is 58.5 Å². The van der Waals surface area contributed by atoms with Crippen LogP contribution in [-0.2, 0) is 6.54 Å². The first-order valence-electron chi connectivity index (χ1n) is 8.59. The standard InChI is InChI=1S/C19H28N4OS/c1-13(2)16-12-25-17(23-16)11-22-19(20-5)21-9-10-24-18-14(3)7-6-8-15(18)4/h6-8,12-13H,9-11H2,1-5H3,(H2,20,21,22). The number of aliphatic imine (C=N–C) groups is 1. The lowest BCUT2D eigenvalue weighted by Gasteiger charge is -2.14. The number of nitrogens with one attached hydrogen (secondary N) is 2. The molecule has 0 spiro atoms. The summed E-state index contributed by atoms with van der Waals surface area (Å²) in [4.78, 5) is 8.86. The smallest absolute Gasteiger partial charge is 0.191 e. The number of aryl methyl sites for hydroxylation is 2. The highest BCUT2D eigenvalue weighted by molar-refractivity contribution is 7.09. The van der Waals surface area contributed by atoms with Crippen LogP contribution in [-0.4, -0.2) is 31.1 Å². The molecule has 0 aliphatic rings. The number of hydrogen-bond donors (Lipinski definition) is 2. The van der Waals surface area contributed by atoms with E-state index >= 15 is 0 Å². The number of para-hydroxylation sites is 1. The summed E-state index contributed by atoms with van der Waals surface area (Å²) in [5.41, 5.74) is 3.46. The van der Waals surface area contributed by atoms with E-state index in [0.717, 1.165) is 33.5 Å². The molecule has 1 aromatic heterocycles. The van der Waals surface area contributed by atoms with Gasteiger partial charge in [-0.1, -0.05) is 32.0 Å². The Labute approximate surface area is 154 Å². The van der Waals surface area contributed by atoms with Crippen LogP contribution in [0.5, 0.6) is 5.75 Å². The second-order valence-electron chi connectivity index (χ2n) is 6.24. The van der Waals surface area contributed by atoms with Crippen LogP contribution < -0.4 is 15.4 Å². The molecule has 6 heteroatoms. The van der Waals surface area contributed by atoms with Gasteiger partial charge in [-0.2, -0.15) is 0 Å².